The Bertz CT molecular complexity index is 884. The Morgan fingerprint density at radius 3 is 2.24 bits per heavy atom. The van der Waals surface area contributed by atoms with Crippen LogP contribution in [0.25, 0.3) is 10.8 Å². The third-order valence-corrected chi connectivity index (χ3v) is 5.10. The summed E-state index contributed by atoms with van der Waals surface area (Å²) in [6.45, 7) is 0. The molecule has 0 aliphatic heterocycles. The van der Waals surface area contributed by atoms with Gasteiger partial charge in [0, 0.05) is 15.5 Å². The Labute approximate surface area is 131 Å². The predicted molar refractivity (Wildman–Crippen MR) is 88.9 cm³/mol. The first-order valence-corrected chi connectivity index (χ1v) is 8.60. The zero-order valence-electron chi connectivity index (χ0n) is 11.0. The van der Waals surface area contributed by atoms with E-state index in [1.165, 1.54) is 0 Å². The van der Waals surface area contributed by atoms with E-state index in [-0.39, 0.29) is 4.90 Å². The number of anilines is 1. The molecule has 106 valence electrons. The lowest BCUT2D eigenvalue weighted by atomic mass is 10.1. The number of hydrogen-bond acceptors (Lipinski definition) is 2. The first-order valence-electron chi connectivity index (χ1n) is 6.32. The molecule has 0 aliphatic rings. The molecule has 0 saturated heterocycles. The fourth-order valence-corrected chi connectivity index (χ4v) is 3.71. The highest BCUT2D eigenvalue weighted by molar-refractivity contribution is 9.10. The molecule has 21 heavy (non-hydrogen) atoms. The van der Waals surface area contributed by atoms with Gasteiger partial charge in [-0.2, -0.15) is 0 Å². The summed E-state index contributed by atoms with van der Waals surface area (Å²) in [5.74, 6) is 0. The molecule has 1 N–H and O–H groups in total. The highest BCUT2D eigenvalue weighted by atomic mass is 79.9. The van der Waals surface area contributed by atoms with Gasteiger partial charge in [0.05, 0.1) is 4.90 Å². The minimum absolute atomic E-state index is 0.281. The van der Waals surface area contributed by atoms with Crippen molar-refractivity contribution in [3.63, 3.8) is 0 Å². The van der Waals surface area contributed by atoms with Crippen LogP contribution >= 0.6 is 15.9 Å². The lowest BCUT2D eigenvalue weighted by molar-refractivity contribution is 0.602. The summed E-state index contributed by atoms with van der Waals surface area (Å²) in [5, 5.41) is 1.61. The van der Waals surface area contributed by atoms with E-state index >= 15 is 0 Å². The third-order valence-electron chi connectivity index (χ3n) is 3.14. The Kier molecular flexibility index (Phi) is 3.69. The van der Waals surface area contributed by atoms with Crippen LogP contribution in [0.4, 0.5) is 5.69 Å². The molecule has 0 spiro atoms. The van der Waals surface area contributed by atoms with Crippen LogP contribution in [0.2, 0.25) is 0 Å². The summed E-state index contributed by atoms with van der Waals surface area (Å²) < 4.78 is 28.7. The molecular weight excluding hydrogens is 350 g/mol. The maximum Gasteiger partial charge on any atom is 0.262 e. The fraction of sp³-hybridized carbons (Fsp3) is 0. The van der Waals surface area contributed by atoms with Gasteiger partial charge in [0.2, 0.25) is 0 Å². The molecule has 0 saturated carbocycles. The van der Waals surface area contributed by atoms with Gasteiger partial charge < -0.3 is 0 Å². The van der Waals surface area contributed by atoms with Crippen LogP contribution in [0.3, 0.4) is 0 Å². The maximum atomic E-state index is 12.6. The molecule has 0 radical (unpaired) electrons. The topological polar surface area (TPSA) is 46.2 Å². The number of sulfonamides is 1. The van der Waals surface area contributed by atoms with Gasteiger partial charge in [-0.1, -0.05) is 52.3 Å². The highest BCUT2D eigenvalue weighted by Crippen LogP contribution is 2.25. The van der Waals surface area contributed by atoms with Crippen LogP contribution in [-0.2, 0) is 10.0 Å². The lowest BCUT2D eigenvalue weighted by Crippen LogP contribution is -2.13. The molecule has 3 aromatic rings. The normalized spacial score (nSPS) is 11.5. The quantitative estimate of drug-likeness (QED) is 0.751. The Morgan fingerprint density at radius 2 is 1.48 bits per heavy atom. The van der Waals surface area contributed by atoms with Crippen molar-refractivity contribution in [2.24, 2.45) is 0 Å². The van der Waals surface area contributed by atoms with E-state index in [0.717, 1.165) is 9.86 Å². The zero-order valence-corrected chi connectivity index (χ0v) is 13.4. The molecule has 3 rings (SSSR count). The van der Waals surface area contributed by atoms with E-state index in [4.69, 9.17) is 0 Å². The summed E-state index contributed by atoms with van der Waals surface area (Å²) in [4.78, 5) is 0.281. The van der Waals surface area contributed by atoms with Gasteiger partial charge in [-0.15, -0.1) is 0 Å². The smallest absolute Gasteiger partial charge is 0.262 e. The van der Waals surface area contributed by atoms with Crippen molar-refractivity contribution >= 4 is 42.4 Å². The van der Waals surface area contributed by atoms with Crippen molar-refractivity contribution < 1.29 is 8.42 Å². The molecule has 0 aliphatic carbocycles. The van der Waals surface area contributed by atoms with Crippen LogP contribution in [0.1, 0.15) is 0 Å². The van der Waals surface area contributed by atoms with Gasteiger partial charge in [-0.05, 0) is 35.7 Å². The number of halogens is 1. The van der Waals surface area contributed by atoms with Crippen LogP contribution < -0.4 is 4.72 Å². The predicted octanol–water partition coefficient (Wildman–Crippen LogP) is 4.40. The number of rotatable bonds is 3. The molecule has 3 aromatic carbocycles. The minimum atomic E-state index is -3.62. The van der Waals surface area contributed by atoms with Crippen LogP contribution in [0.5, 0.6) is 0 Å². The second kappa shape index (κ2) is 5.50. The maximum absolute atomic E-state index is 12.6. The van der Waals surface area contributed by atoms with Crippen molar-refractivity contribution in [3.05, 3.63) is 71.2 Å². The molecule has 0 aromatic heterocycles. The van der Waals surface area contributed by atoms with Crippen molar-refractivity contribution in [2.75, 3.05) is 4.72 Å². The van der Waals surface area contributed by atoms with Crippen LogP contribution in [-0.4, -0.2) is 8.42 Å². The van der Waals surface area contributed by atoms with E-state index < -0.39 is 10.0 Å². The number of nitrogens with one attached hydrogen (secondary N) is 1. The summed E-state index contributed by atoms with van der Waals surface area (Å²) in [6, 6.07) is 19.7. The Hall–Kier alpha value is -1.85. The zero-order chi connectivity index (χ0) is 14.9. The van der Waals surface area contributed by atoms with Crippen LogP contribution in [0, 0.1) is 0 Å². The minimum Gasteiger partial charge on any atom is -0.280 e. The summed E-state index contributed by atoms with van der Waals surface area (Å²) in [5.41, 5.74) is 0.533. The van der Waals surface area contributed by atoms with Gasteiger partial charge >= 0.3 is 0 Å². The Balaban J connectivity index is 2.06. The second-order valence-electron chi connectivity index (χ2n) is 4.59. The van der Waals surface area contributed by atoms with E-state index in [1.807, 2.05) is 30.3 Å². The van der Waals surface area contributed by atoms with E-state index in [1.54, 1.807) is 36.4 Å². The first kappa shape index (κ1) is 14.1. The molecule has 0 heterocycles. The molecule has 0 atom stereocenters. The van der Waals surface area contributed by atoms with Gasteiger partial charge in [0.25, 0.3) is 10.0 Å². The molecule has 0 unspecified atom stereocenters. The average molecular weight is 362 g/mol. The summed E-state index contributed by atoms with van der Waals surface area (Å²) in [7, 11) is -3.62. The highest BCUT2D eigenvalue weighted by Gasteiger charge is 2.17. The molecule has 0 amide bonds. The van der Waals surface area contributed by atoms with Crippen molar-refractivity contribution in [2.45, 2.75) is 4.90 Å². The van der Waals surface area contributed by atoms with Gasteiger partial charge in [0.1, 0.15) is 0 Å². The van der Waals surface area contributed by atoms with E-state index in [9.17, 15) is 8.42 Å². The van der Waals surface area contributed by atoms with Crippen molar-refractivity contribution in [1.82, 2.24) is 0 Å². The van der Waals surface area contributed by atoms with E-state index in [2.05, 4.69) is 20.7 Å². The molecule has 0 fully saturated rings. The fourth-order valence-electron chi connectivity index (χ4n) is 2.16. The molecule has 5 heteroatoms. The van der Waals surface area contributed by atoms with Gasteiger partial charge in [-0.25, -0.2) is 8.42 Å². The Morgan fingerprint density at radius 1 is 0.810 bits per heavy atom. The largest absolute Gasteiger partial charge is 0.280 e. The summed E-state index contributed by atoms with van der Waals surface area (Å²) >= 11 is 3.33. The third kappa shape index (κ3) is 2.94. The molecular formula is C16H12BrNO2S. The number of benzene rings is 3. The van der Waals surface area contributed by atoms with Gasteiger partial charge in [-0.3, -0.25) is 4.72 Å². The monoisotopic (exact) mass is 361 g/mol. The van der Waals surface area contributed by atoms with E-state index in [0.29, 0.717) is 11.1 Å². The summed E-state index contributed by atoms with van der Waals surface area (Å²) in [6.07, 6.45) is 0. The SMILES string of the molecule is O=S(=O)(Nc1ccc(Br)cc1)c1cccc2ccccc12. The van der Waals surface area contributed by atoms with Crippen LogP contribution in [0.15, 0.2) is 76.1 Å². The van der Waals surface area contributed by atoms with Crippen molar-refractivity contribution in [3.8, 4) is 0 Å². The van der Waals surface area contributed by atoms with Gasteiger partial charge in [0.15, 0.2) is 0 Å². The first-order chi connectivity index (χ1) is 10.1. The standard InChI is InChI=1S/C16H12BrNO2S/c17-13-8-10-14(11-9-13)18-21(19,20)16-7-3-5-12-4-1-2-6-15(12)16/h1-11,18H. The average Bonchev–Trinajstić information content (AvgIpc) is 2.49. The lowest BCUT2D eigenvalue weighted by Gasteiger charge is -2.10. The number of fused-ring (bicyclic) bond motifs is 1. The molecule has 0 bridgehead atoms. The number of hydrogen-bond donors (Lipinski definition) is 1. The second-order valence-corrected chi connectivity index (χ2v) is 7.16. The molecule has 3 nitrogen and oxygen atoms in total. The van der Waals surface area contributed by atoms with Crippen molar-refractivity contribution in [1.29, 1.82) is 0 Å².